The number of nitrogens with two attached hydrogens (primary N) is 1. The lowest BCUT2D eigenvalue weighted by Gasteiger charge is -2.44. The highest BCUT2D eigenvalue weighted by atomic mass is 16.5. The number of carbonyl (C=O) groups is 2. The first-order valence-corrected chi connectivity index (χ1v) is 28.5. The Balaban J connectivity index is 0.000000245. The molecular weight excluding hydrogens is 987 g/mol. The SMILES string of the molecule is C.COCCCC[C@@](O)(c1ccccc1Oc1ccccc1C)[C@@H]1CCCN(C(=O)C2CC[C@H](O)[C@H](N)C2)C1.COCCCC[C@@](O)(c1ccccc1Oc1ccccc1C)[C@@H]1CCCNC1.C[C@@H]1CC(C(=O)O)CC[C@@H]1O. The predicted octanol–water partition coefficient (Wildman–Crippen LogP) is 10.8. The molecular formula is C64H95N3O11. The van der Waals surface area contributed by atoms with Crippen LogP contribution in [-0.4, -0.2) is 114 Å². The van der Waals surface area contributed by atoms with Crippen molar-refractivity contribution in [1.29, 1.82) is 0 Å². The molecule has 0 bridgehead atoms. The molecule has 2 saturated heterocycles. The number of aliphatic hydroxyl groups excluding tert-OH is 2. The number of nitrogens with one attached hydrogen (secondary N) is 1. The summed E-state index contributed by atoms with van der Waals surface area (Å²) in [4.78, 5) is 26.0. The van der Waals surface area contributed by atoms with E-state index in [1.165, 1.54) is 0 Å². The highest BCUT2D eigenvalue weighted by Crippen LogP contribution is 2.46. The number of hydrogen-bond donors (Lipinski definition) is 7. The van der Waals surface area contributed by atoms with E-state index in [0.29, 0.717) is 76.8 Å². The van der Waals surface area contributed by atoms with Gasteiger partial charge in [-0.2, -0.15) is 0 Å². The minimum atomic E-state index is -1.16. The van der Waals surface area contributed by atoms with E-state index in [1.54, 1.807) is 14.2 Å². The maximum Gasteiger partial charge on any atom is 0.306 e. The monoisotopic (exact) mass is 1080 g/mol. The number of aryl methyl sites for hydroxylation is 2. The zero-order valence-electron chi connectivity index (χ0n) is 46.6. The summed E-state index contributed by atoms with van der Waals surface area (Å²) in [7, 11) is 3.42. The Morgan fingerprint density at radius 3 is 1.62 bits per heavy atom. The van der Waals surface area contributed by atoms with Gasteiger partial charge in [0, 0.05) is 82.0 Å². The number of carbonyl (C=O) groups excluding carboxylic acids is 1. The van der Waals surface area contributed by atoms with Gasteiger partial charge in [-0.25, -0.2) is 0 Å². The number of aliphatic carboxylic acids is 1. The summed E-state index contributed by atoms with van der Waals surface area (Å²) in [5.41, 5.74) is 7.78. The molecule has 8 N–H and O–H groups in total. The molecule has 8 rings (SSSR count). The number of nitrogens with zero attached hydrogens (tertiary/aromatic N) is 1. The van der Waals surface area contributed by atoms with Crippen LogP contribution in [0.2, 0.25) is 0 Å². The fourth-order valence-electron chi connectivity index (χ4n) is 11.9. The highest BCUT2D eigenvalue weighted by molar-refractivity contribution is 5.79. The molecule has 2 unspecified atom stereocenters. The lowest BCUT2D eigenvalue weighted by molar-refractivity contribution is -0.144. The Labute approximate surface area is 466 Å². The van der Waals surface area contributed by atoms with Crippen LogP contribution >= 0.6 is 0 Å². The Hall–Kier alpha value is -4.90. The van der Waals surface area contributed by atoms with Gasteiger partial charge >= 0.3 is 5.97 Å². The lowest BCUT2D eigenvalue weighted by Crippen LogP contribution is -2.51. The van der Waals surface area contributed by atoms with Crippen molar-refractivity contribution in [3.63, 3.8) is 0 Å². The fraction of sp³-hybridized carbons (Fsp3) is 0.594. The van der Waals surface area contributed by atoms with Crippen LogP contribution in [0.15, 0.2) is 97.1 Å². The van der Waals surface area contributed by atoms with Crippen LogP contribution in [0.4, 0.5) is 0 Å². The van der Waals surface area contributed by atoms with Gasteiger partial charge in [0.1, 0.15) is 23.0 Å². The van der Waals surface area contributed by atoms with Crippen LogP contribution in [0.25, 0.3) is 0 Å². The zero-order valence-corrected chi connectivity index (χ0v) is 46.6. The third kappa shape index (κ3) is 17.5. The number of carboxylic acid groups (broad SMARTS) is 1. The molecule has 78 heavy (non-hydrogen) atoms. The number of hydrogen-bond acceptors (Lipinski definition) is 12. The number of benzene rings is 4. The third-order valence-corrected chi connectivity index (χ3v) is 16.7. The first-order chi connectivity index (χ1) is 37.1. The topological polar surface area (TPSA) is 213 Å². The molecule has 0 spiro atoms. The van der Waals surface area contributed by atoms with Gasteiger partial charge in [-0.15, -0.1) is 0 Å². The highest BCUT2D eigenvalue weighted by Gasteiger charge is 2.45. The summed E-state index contributed by atoms with van der Waals surface area (Å²) in [6.07, 6.45) is 11.3. The summed E-state index contributed by atoms with van der Waals surface area (Å²) in [5, 5.41) is 55.9. The average molecular weight is 1080 g/mol. The third-order valence-electron chi connectivity index (χ3n) is 16.7. The second kappa shape index (κ2) is 31.8. The number of carboxylic acids is 1. The first-order valence-electron chi connectivity index (χ1n) is 28.5. The molecule has 10 atom stereocenters. The molecule has 0 radical (unpaired) electrons. The molecule has 4 aromatic carbocycles. The lowest BCUT2D eigenvalue weighted by atomic mass is 9.73. The largest absolute Gasteiger partial charge is 0.481 e. The van der Waals surface area contributed by atoms with Crippen LogP contribution in [0.1, 0.15) is 139 Å². The van der Waals surface area contributed by atoms with Crippen molar-refractivity contribution >= 4 is 11.9 Å². The Kier molecular flexibility index (Phi) is 26.0. The smallest absolute Gasteiger partial charge is 0.306 e. The molecule has 4 aromatic rings. The standard InChI is InChI=1S/C31H44N2O5.C24H33NO3.C8H14O3.CH4/c1-22-10-3-5-13-28(22)38-29-14-6-4-12-25(29)31(36,17-7-8-19-37-2)24-11-9-18-33(21-24)30(35)23-15-16-27(34)26(32)20-23;1-19-10-3-5-13-22(19)28-23-14-6-4-12-21(23)24(26,15-7-8-17-27-2)20-11-9-16-25-18-20;1-5-4-6(8(10)11)2-3-7(5)9;/h3-6,10,12-14,23-24,26-27,34,36H,7-9,11,15-21,32H2,1-2H3;3-6,10,12-14,20,25-26H,7-9,11,15-18H2,1-2H3;5-7,9H,2-4H2,1H3,(H,10,11);1H4/t23?,24-,26-,27+,31+;20-,24+;5-,6?,7+;/m111./s1. The van der Waals surface area contributed by atoms with E-state index < -0.39 is 23.3 Å². The van der Waals surface area contributed by atoms with E-state index in [1.807, 2.05) is 123 Å². The second-order valence-electron chi connectivity index (χ2n) is 22.3. The Morgan fingerprint density at radius 2 is 1.13 bits per heavy atom. The van der Waals surface area contributed by atoms with E-state index in [0.717, 1.165) is 111 Å². The van der Waals surface area contributed by atoms with Gasteiger partial charge in [0.15, 0.2) is 0 Å². The first kappa shape index (κ1) is 63.9. The average Bonchev–Trinajstić information content (AvgIpc) is 3.56. The van der Waals surface area contributed by atoms with Gasteiger partial charge in [0.05, 0.1) is 29.3 Å². The van der Waals surface area contributed by atoms with Crippen molar-refractivity contribution in [2.75, 3.05) is 53.6 Å². The number of ether oxygens (including phenoxy) is 4. The van der Waals surface area contributed by atoms with Gasteiger partial charge in [-0.05, 0) is 164 Å². The van der Waals surface area contributed by atoms with Crippen molar-refractivity contribution < 1.29 is 54.1 Å². The summed E-state index contributed by atoms with van der Waals surface area (Å²) < 4.78 is 23.2. The summed E-state index contributed by atoms with van der Waals surface area (Å²) in [6, 6.07) is 31.3. The summed E-state index contributed by atoms with van der Waals surface area (Å²) in [5.74, 6) is 2.15. The number of rotatable bonds is 20. The Morgan fingerprint density at radius 1 is 0.641 bits per heavy atom. The van der Waals surface area contributed by atoms with E-state index in [4.69, 9.17) is 29.8 Å². The number of para-hydroxylation sites is 4. The van der Waals surface area contributed by atoms with E-state index in [-0.39, 0.29) is 55.1 Å². The quantitative estimate of drug-likeness (QED) is 0.0411. The van der Waals surface area contributed by atoms with Crippen LogP contribution < -0.4 is 20.5 Å². The molecule has 4 aliphatic rings. The van der Waals surface area contributed by atoms with E-state index in [9.17, 15) is 30.0 Å². The van der Waals surface area contributed by atoms with Gasteiger partial charge in [-0.1, -0.05) is 87.1 Å². The molecule has 14 heteroatoms. The van der Waals surface area contributed by atoms with Crippen molar-refractivity contribution in [3.05, 3.63) is 119 Å². The van der Waals surface area contributed by atoms with Crippen molar-refractivity contribution in [3.8, 4) is 23.0 Å². The van der Waals surface area contributed by atoms with Crippen molar-refractivity contribution in [1.82, 2.24) is 10.2 Å². The molecule has 1 amide bonds. The van der Waals surface area contributed by atoms with Gasteiger partial charge in [-0.3, -0.25) is 9.59 Å². The van der Waals surface area contributed by atoms with Gasteiger partial charge in [0.25, 0.3) is 0 Å². The second-order valence-corrected chi connectivity index (χ2v) is 22.3. The molecule has 2 aliphatic heterocycles. The normalized spacial score (nSPS) is 24.8. The summed E-state index contributed by atoms with van der Waals surface area (Å²) >= 11 is 0. The van der Waals surface area contributed by atoms with E-state index in [2.05, 4.69) is 5.32 Å². The number of piperidine rings is 2. The van der Waals surface area contributed by atoms with Crippen LogP contribution in [0.3, 0.4) is 0 Å². The van der Waals surface area contributed by atoms with Crippen LogP contribution in [-0.2, 0) is 30.3 Å². The number of aliphatic hydroxyl groups is 4. The summed E-state index contributed by atoms with van der Waals surface area (Å²) in [6.45, 7) is 10.4. The van der Waals surface area contributed by atoms with E-state index >= 15 is 0 Å². The maximum atomic E-state index is 13.5. The molecule has 4 fully saturated rings. The van der Waals surface area contributed by atoms with Crippen molar-refractivity contribution in [2.24, 2.45) is 35.3 Å². The zero-order chi connectivity index (χ0) is 55.4. The fourth-order valence-corrected chi connectivity index (χ4v) is 11.9. The maximum absolute atomic E-state index is 13.5. The molecule has 14 nitrogen and oxygen atoms in total. The molecule has 432 valence electrons. The molecule has 2 aliphatic carbocycles. The Bertz CT molecular complexity index is 2420. The number of unbranched alkanes of at least 4 members (excludes halogenated alkanes) is 2. The number of methoxy groups -OCH3 is 2. The predicted molar refractivity (Wildman–Crippen MR) is 308 cm³/mol. The van der Waals surface area contributed by atoms with Gasteiger partial charge in [0.2, 0.25) is 5.91 Å². The molecule has 2 heterocycles. The minimum absolute atomic E-state index is 0. The molecule has 0 aromatic heterocycles. The van der Waals surface area contributed by atoms with Crippen molar-refractivity contribution in [2.45, 2.75) is 160 Å². The number of likely N-dealkylation sites (tertiary alicyclic amines) is 1. The van der Waals surface area contributed by atoms with Crippen LogP contribution in [0, 0.1) is 43.4 Å². The minimum Gasteiger partial charge on any atom is -0.481 e. The number of amides is 1. The van der Waals surface area contributed by atoms with Gasteiger partial charge < -0.3 is 60.4 Å². The molecule has 2 saturated carbocycles. The van der Waals surface area contributed by atoms with Crippen LogP contribution in [0.5, 0.6) is 23.0 Å².